The smallest absolute Gasteiger partial charge is 0.337 e. The fourth-order valence-electron chi connectivity index (χ4n) is 2.43. The number of ether oxygens (including phenoxy) is 2. The lowest BCUT2D eigenvalue weighted by atomic mass is 10.1. The number of carbonyl (C=O) groups excluding carboxylic acids is 2. The quantitative estimate of drug-likeness (QED) is 0.359. The molecule has 8 heteroatoms. The van der Waals surface area contributed by atoms with Crippen molar-refractivity contribution in [1.82, 2.24) is 0 Å². The molecule has 8 nitrogen and oxygen atoms in total. The number of nitrogens with zero attached hydrogens (tertiary/aromatic N) is 4. The van der Waals surface area contributed by atoms with Crippen molar-refractivity contribution in [3.8, 4) is 5.75 Å². The van der Waals surface area contributed by atoms with Gasteiger partial charge in [-0.2, -0.15) is 0 Å². The van der Waals surface area contributed by atoms with Crippen molar-refractivity contribution in [2.45, 2.75) is 6.42 Å². The molecule has 0 bridgehead atoms. The molecule has 0 saturated carbocycles. The van der Waals surface area contributed by atoms with Gasteiger partial charge in [-0.3, -0.25) is 4.79 Å². The molecule has 0 aliphatic carbocycles. The average Bonchev–Trinajstić information content (AvgIpc) is 2.92. The van der Waals surface area contributed by atoms with E-state index in [0.717, 1.165) is 0 Å². The molecule has 0 spiro atoms. The van der Waals surface area contributed by atoms with E-state index in [1.54, 1.807) is 23.1 Å². The molecule has 1 fully saturated rings. The second-order valence-corrected chi connectivity index (χ2v) is 4.87. The monoisotopic (exact) mass is 304 g/mol. The van der Waals surface area contributed by atoms with Crippen molar-refractivity contribution < 1.29 is 19.1 Å². The number of rotatable bonds is 5. The summed E-state index contributed by atoms with van der Waals surface area (Å²) >= 11 is 0. The van der Waals surface area contributed by atoms with Gasteiger partial charge < -0.3 is 14.4 Å². The van der Waals surface area contributed by atoms with E-state index in [1.165, 1.54) is 14.2 Å². The van der Waals surface area contributed by atoms with Crippen molar-refractivity contribution in [2.24, 2.45) is 11.0 Å². The van der Waals surface area contributed by atoms with E-state index in [2.05, 4.69) is 10.0 Å². The molecule has 1 atom stereocenters. The van der Waals surface area contributed by atoms with Crippen molar-refractivity contribution in [3.63, 3.8) is 0 Å². The third-order valence-corrected chi connectivity index (χ3v) is 3.50. The van der Waals surface area contributed by atoms with Crippen LogP contribution < -0.4 is 9.64 Å². The summed E-state index contributed by atoms with van der Waals surface area (Å²) in [5.41, 5.74) is 9.22. The molecule has 0 aromatic heterocycles. The highest BCUT2D eigenvalue weighted by atomic mass is 16.5. The van der Waals surface area contributed by atoms with Gasteiger partial charge in [-0.05, 0) is 29.6 Å². The van der Waals surface area contributed by atoms with Gasteiger partial charge >= 0.3 is 5.97 Å². The molecule has 0 radical (unpaired) electrons. The summed E-state index contributed by atoms with van der Waals surface area (Å²) in [6.07, 6.45) is 0.296. The van der Waals surface area contributed by atoms with Crippen molar-refractivity contribution >= 4 is 17.6 Å². The number of hydrogen-bond donors (Lipinski definition) is 0. The summed E-state index contributed by atoms with van der Waals surface area (Å²) in [6.45, 7) is 0.677. The minimum atomic E-state index is -0.485. The van der Waals surface area contributed by atoms with Crippen LogP contribution in [0.15, 0.2) is 23.3 Å². The van der Waals surface area contributed by atoms with E-state index in [-0.39, 0.29) is 18.4 Å². The predicted molar refractivity (Wildman–Crippen MR) is 78.8 cm³/mol. The Hall–Kier alpha value is -2.73. The fourth-order valence-corrected chi connectivity index (χ4v) is 2.43. The molecule has 116 valence electrons. The first-order chi connectivity index (χ1) is 10.6. The number of benzene rings is 1. The standard InChI is InChI=1S/C14H16N4O4/c1-21-12-4-3-10(14(20)22-2)6-11(12)18-8-9(5-13(18)19)7-16-17-15/h3-4,6,9H,5,7-8H2,1-2H3. The topological polar surface area (TPSA) is 105 Å². The van der Waals surface area contributed by atoms with E-state index in [1.807, 2.05) is 0 Å². The maximum Gasteiger partial charge on any atom is 0.337 e. The Morgan fingerprint density at radius 1 is 1.50 bits per heavy atom. The summed E-state index contributed by atoms with van der Waals surface area (Å²) in [6, 6.07) is 4.76. The highest BCUT2D eigenvalue weighted by molar-refractivity contribution is 5.99. The van der Waals surface area contributed by atoms with Crippen LogP contribution >= 0.6 is 0 Å². The number of azide groups is 1. The summed E-state index contributed by atoms with van der Waals surface area (Å²) in [5.74, 6) is -0.139. The minimum absolute atomic E-state index is 0.0464. The average molecular weight is 304 g/mol. The molecule has 2 rings (SSSR count). The first-order valence-corrected chi connectivity index (χ1v) is 6.68. The van der Waals surface area contributed by atoms with Crippen molar-refractivity contribution in [1.29, 1.82) is 0 Å². The number of esters is 1. The van der Waals surface area contributed by atoms with E-state index < -0.39 is 5.97 Å². The van der Waals surface area contributed by atoms with Crippen molar-refractivity contribution in [2.75, 3.05) is 32.2 Å². The highest BCUT2D eigenvalue weighted by Crippen LogP contribution is 2.34. The molecule has 1 aliphatic heterocycles. The summed E-state index contributed by atoms with van der Waals surface area (Å²) < 4.78 is 9.95. The fraction of sp³-hybridized carbons (Fsp3) is 0.429. The molecule has 1 aliphatic rings. The molecule has 1 amide bonds. The number of hydrogen-bond acceptors (Lipinski definition) is 5. The zero-order valence-electron chi connectivity index (χ0n) is 12.4. The lowest BCUT2D eigenvalue weighted by Gasteiger charge is -2.20. The van der Waals surface area contributed by atoms with Crippen molar-refractivity contribution in [3.05, 3.63) is 34.2 Å². The Kier molecular flexibility index (Phi) is 4.85. The van der Waals surface area contributed by atoms with E-state index in [4.69, 9.17) is 15.0 Å². The third kappa shape index (κ3) is 3.12. The molecule has 22 heavy (non-hydrogen) atoms. The maximum absolute atomic E-state index is 12.2. The SMILES string of the molecule is COC(=O)c1ccc(OC)c(N2CC(CN=[N+]=[N-])CC2=O)c1. The predicted octanol–water partition coefficient (Wildman–Crippen LogP) is 2.14. The summed E-state index contributed by atoms with van der Waals surface area (Å²) in [5, 5.41) is 3.51. The molecular formula is C14H16N4O4. The Bertz CT molecular complexity index is 640. The summed E-state index contributed by atoms with van der Waals surface area (Å²) in [4.78, 5) is 28.1. The number of methoxy groups -OCH3 is 2. The Labute approximate surface area is 127 Å². The first kappa shape index (κ1) is 15.7. The number of carbonyl (C=O) groups is 2. The maximum atomic E-state index is 12.2. The van der Waals surface area contributed by atoms with Crippen LogP contribution in [0.25, 0.3) is 10.4 Å². The second-order valence-electron chi connectivity index (χ2n) is 4.87. The minimum Gasteiger partial charge on any atom is -0.495 e. The van der Waals surface area contributed by atoms with E-state index in [9.17, 15) is 9.59 Å². The lowest BCUT2D eigenvalue weighted by molar-refractivity contribution is -0.117. The first-order valence-electron chi connectivity index (χ1n) is 6.68. The van der Waals surface area contributed by atoms with Gasteiger partial charge in [-0.1, -0.05) is 5.11 Å². The van der Waals surface area contributed by atoms with Crippen LogP contribution in [0.4, 0.5) is 5.69 Å². The van der Waals surface area contributed by atoms with Crippen LogP contribution in [-0.2, 0) is 9.53 Å². The van der Waals surface area contributed by atoms with Gasteiger partial charge in [0.2, 0.25) is 5.91 Å². The van der Waals surface area contributed by atoms with Crippen LogP contribution in [0.1, 0.15) is 16.8 Å². The highest BCUT2D eigenvalue weighted by Gasteiger charge is 2.32. The molecule has 0 N–H and O–H groups in total. The van der Waals surface area contributed by atoms with Gasteiger partial charge in [0.1, 0.15) is 5.75 Å². The van der Waals surface area contributed by atoms with Crippen LogP contribution in [0, 0.1) is 5.92 Å². The Balaban J connectivity index is 2.32. The zero-order chi connectivity index (χ0) is 16.1. The second kappa shape index (κ2) is 6.82. The molecule has 1 unspecified atom stereocenters. The van der Waals surface area contributed by atoms with E-state index in [0.29, 0.717) is 30.0 Å². The van der Waals surface area contributed by atoms with Gasteiger partial charge in [0, 0.05) is 24.4 Å². The van der Waals surface area contributed by atoms with Crippen LogP contribution in [0.5, 0.6) is 5.75 Å². The molecule has 1 heterocycles. The van der Waals surface area contributed by atoms with Crippen LogP contribution in [0.2, 0.25) is 0 Å². The normalized spacial score (nSPS) is 17.1. The van der Waals surface area contributed by atoms with Gasteiger partial charge in [0.25, 0.3) is 0 Å². The Morgan fingerprint density at radius 2 is 2.27 bits per heavy atom. The lowest BCUT2D eigenvalue weighted by Crippen LogP contribution is -2.25. The molecule has 1 aromatic rings. The van der Waals surface area contributed by atoms with Crippen LogP contribution in [-0.4, -0.2) is 39.2 Å². The summed E-state index contributed by atoms with van der Waals surface area (Å²) in [7, 11) is 2.79. The molecule has 1 saturated heterocycles. The molecule has 1 aromatic carbocycles. The Morgan fingerprint density at radius 3 is 2.91 bits per heavy atom. The van der Waals surface area contributed by atoms with E-state index >= 15 is 0 Å². The third-order valence-electron chi connectivity index (χ3n) is 3.50. The molecular weight excluding hydrogens is 288 g/mol. The number of amides is 1. The van der Waals surface area contributed by atoms with Gasteiger partial charge in [0.15, 0.2) is 0 Å². The van der Waals surface area contributed by atoms with Gasteiger partial charge in [0.05, 0.1) is 25.5 Å². The number of anilines is 1. The zero-order valence-corrected chi connectivity index (χ0v) is 12.4. The van der Waals surface area contributed by atoms with Gasteiger partial charge in [-0.15, -0.1) is 0 Å². The van der Waals surface area contributed by atoms with Gasteiger partial charge in [-0.25, -0.2) is 4.79 Å². The largest absolute Gasteiger partial charge is 0.495 e. The van der Waals surface area contributed by atoms with Crippen LogP contribution in [0.3, 0.4) is 0 Å².